The molecule has 0 saturated heterocycles. The molecule has 0 bridgehead atoms. The quantitative estimate of drug-likeness (QED) is 0.761. The van der Waals surface area contributed by atoms with Crippen LogP contribution in [0.4, 0.5) is 0 Å². The van der Waals surface area contributed by atoms with Crippen molar-refractivity contribution in [1.29, 1.82) is 0 Å². The van der Waals surface area contributed by atoms with Crippen LogP contribution in [-0.4, -0.2) is 16.6 Å². The molecule has 0 N–H and O–H groups in total. The number of pyridine rings is 1. The highest BCUT2D eigenvalue weighted by Gasteiger charge is 2.39. The van der Waals surface area contributed by atoms with Crippen LogP contribution in [0.3, 0.4) is 0 Å². The molecule has 1 aliphatic rings. The van der Waals surface area contributed by atoms with Crippen molar-refractivity contribution >= 4 is 27.5 Å². The molecular formula is C14H8BrNO2. The van der Waals surface area contributed by atoms with Gasteiger partial charge in [0.05, 0.1) is 5.69 Å². The molecule has 0 atom stereocenters. The van der Waals surface area contributed by atoms with E-state index < -0.39 is 5.92 Å². The predicted octanol–water partition coefficient (Wildman–Crippen LogP) is 3.01. The number of halogens is 1. The highest BCUT2D eigenvalue weighted by molar-refractivity contribution is 9.10. The Balaban J connectivity index is 2.09. The largest absolute Gasteiger partial charge is 0.293 e. The van der Waals surface area contributed by atoms with Crippen LogP contribution in [0.25, 0.3) is 0 Å². The highest BCUT2D eigenvalue weighted by Crippen LogP contribution is 2.33. The van der Waals surface area contributed by atoms with E-state index in [-0.39, 0.29) is 11.6 Å². The number of hydrogen-bond acceptors (Lipinski definition) is 3. The number of hydrogen-bond donors (Lipinski definition) is 0. The van der Waals surface area contributed by atoms with Crippen LogP contribution in [-0.2, 0) is 0 Å². The van der Waals surface area contributed by atoms with Crippen LogP contribution >= 0.6 is 15.9 Å². The topological polar surface area (TPSA) is 47.0 Å². The molecule has 88 valence electrons. The maximum absolute atomic E-state index is 12.2. The lowest BCUT2D eigenvalue weighted by atomic mass is 9.99. The molecule has 0 radical (unpaired) electrons. The summed E-state index contributed by atoms with van der Waals surface area (Å²) in [6.45, 7) is 0. The molecule has 0 spiro atoms. The standard InChI is InChI=1S/C14H8BrNO2/c15-8-5-6-11(16-7-8)12-13(17)9-3-1-2-4-10(9)14(12)18/h1-7,12H. The van der Waals surface area contributed by atoms with Crippen molar-refractivity contribution in [2.24, 2.45) is 0 Å². The Kier molecular flexibility index (Phi) is 2.59. The summed E-state index contributed by atoms with van der Waals surface area (Å²) in [7, 11) is 0. The van der Waals surface area contributed by atoms with Crippen LogP contribution in [0, 0.1) is 0 Å². The number of ketones is 2. The monoisotopic (exact) mass is 301 g/mol. The van der Waals surface area contributed by atoms with E-state index in [2.05, 4.69) is 20.9 Å². The van der Waals surface area contributed by atoms with Gasteiger partial charge in [-0.1, -0.05) is 24.3 Å². The SMILES string of the molecule is O=C1c2ccccc2C(=O)C1c1ccc(Br)cn1. The number of nitrogens with zero attached hydrogens (tertiary/aromatic N) is 1. The van der Waals surface area contributed by atoms with Crippen molar-refractivity contribution in [3.05, 3.63) is 63.9 Å². The van der Waals surface area contributed by atoms with Crippen molar-refractivity contribution in [1.82, 2.24) is 4.98 Å². The Morgan fingerprint density at radius 2 is 1.56 bits per heavy atom. The molecule has 1 aromatic carbocycles. The van der Waals surface area contributed by atoms with Gasteiger partial charge in [-0.15, -0.1) is 0 Å². The molecule has 2 aromatic rings. The minimum atomic E-state index is -0.782. The summed E-state index contributed by atoms with van der Waals surface area (Å²) < 4.78 is 0.821. The van der Waals surface area contributed by atoms with Gasteiger partial charge in [-0.25, -0.2) is 0 Å². The van der Waals surface area contributed by atoms with Crippen molar-refractivity contribution < 1.29 is 9.59 Å². The van der Waals surface area contributed by atoms with Crippen molar-refractivity contribution in [3.8, 4) is 0 Å². The van der Waals surface area contributed by atoms with Crippen LogP contribution in [0.2, 0.25) is 0 Å². The molecule has 0 aliphatic heterocycles. The van der Waals surface area contributed by atoms with Crippen LogP contribution < -0.4 is 0 Å². The third-order valence-electron chi connectivity index (χ3n) is 3.03. The number of rotatable bonds is 1. The molecule has 3 nitrogen and oxygen atoms in total. The maximum atomic E-state index is 12.2. The van der Waals surface area contributed by atoms with Gasteiger partial charge in [0.2, 0.25) is 0 Å². The van der Waals surface area contributed by atoms with Gasteiger partial charge in [0, 0.05) is 21.8 Å². The van der Waals surface area contributed by atoms with Gasteiger partial charge in [0.1, 0.15) is 5.92 Å². The molecule has 0 saturated carbocycles. The van der Waals surface area contributed by atoms with E-state index in [9.17, 15) is 9.59 Å². The van der Waals surface area contributed by atoms with E-state index in [0.717, 1.165) is 4.47 Å². The summed E-state index contributed by atoms with van der Waals surface area (Å²) in [6.07, 6.45) is 1.60. The molecule has 18 heavy (non-hydrogen) atoms. The molecule has 0 unspecified atom stereocenters. The van der Waals surface area contributed by atoms with Crippen LogP contribution in [0.5, 0.6) is 0 Å². The van der Waals surface area contributed by atoms with Gasteiger partial charge in [-0.2, -0.15) is 0 Å². The summed E-state index contributed by atoms with van der Waals surface area (Å²) in [5.41, 5.74) is 1.50. The van der Waals surface area contributed by atoms with Crippen molar-refractivity contribution in [2.75, 3.05) is 0 Å². The number of aromatic nitrogens is 1. The molecule has 0 fully saturated rings. The highest BCUT2D eigenvalue weighted by atomic mass is 79.9. The first-order chi connectivity index (χ1) is 8.68. The number of carbonyl (C=O) groups is 2. The lowest BCUT2D eigenvalue weighted by Gasteiger charge is -2.05. The van der Waals surface area contributed by atoms with Gasteiger partial charge in [0.15, 0.2) is 11.6 Å². The van der Waals surface area contributed by atoms with Gasteiger partial charge >= 0.3 is 0 Å². The molecule has 1 aromatic heterocycles. The first kappa shape index (κ1) is 11.3. The van der Waals surface area contributed by atoms with Gasteiger partial charge in [-0.3, -0.25) is 14.6 Å². The van der Waals surface area contributed by atoms with Gasteiger partial charge in [-0.05, 0) is 28.1 Å². The van der Waals surface area contributed by atoms with Crippen molar-refractivity contribution in [2.45, 2.75) is 5.92 Å². The average Bonchev–Trinajstić information content (AvgIpc) is 2.64. The Labute approximate surface area is 112 Å². The minimum Gasteiger partial charge on any atom is -0.293 e. The van der Waals surface area contributed by atoms with Gasteiger partial charge < -0.3 is 0 Å². The first-order valence-corrected chi connectivity index (χ1v) is 6.26. The van der Waals surface area contributed by atoms with E-state index in [1.54, 1.807) is 42.6 Å². The second kappa shape index (κ2) is 4.14. The lowest BCUT2D eigenvalue weighted by Crippen LogP contribution is -2.14. The fraction of sp³-hybridized carbons (Fsp3) is 0.0714. The Morgan fingerprint density at radius 1 is 0.944 bits per heavy atom. The zero-order chi connectivity index (χ0) is 12.7. The van der Waals surface area contributed by atoms with E-state index >= 15 is 0 Å². The van der Waals surface area contributed by atoms with E-state index in [1.165, 1.54) is 0 Å². The third-order valence-corrected chi connectivity index (χ3v) is 3.50. The number of carbonyl (C=O) groups excluding carboxylic acids is 2. The van der Waals surface area contributed by atoms with E-state index in [4.69, 9.17) is 0 Å². The van der Waals surface area contributed by atoms with Gasteiger partial charge in [0.25, 0.3) is 0 Å². The maximum Gasteiger partial charge on any atom is 0.180 e. The summed E-state index contributed by atoms with van der Waals surface area (Å²) in [4.78, 5) is 28.6. The Hall–Kier alpha value is -1.81. The third kappa shape index (κ3) is 1.61. The summed E-state index contributed by atoms with van der Waals surface area (Å²) in [5.74, 6) is -1.11. The second-order valence-electron chi connectivity index (χ2n) is 4.11. The molecule has 4 heteroatoms. The molecule has 3 rings (SSSR count). The molecule has 0 amide bonds. The lowest BCUT2D eigenvalue weighted by molar-refractivity contribution is 0.0888. The average molecular weight is 302 g/mol. The number of Topliss-reactive ketones (excluding diaryl/α,β-unsaturated/α-hetero) is 2. The zero-order valence-corrected chi connectivity index (χ0v) is 10.8. The number of fused-ring (bicyclic) bond motifs is 1. The van der Waals surface area contributed by atoms with Crippen LogP contribution in [0.1, 0.15) is 32.3 Å². The predicted molar refractivity (Wildman–Crippen MR) is 69.8 cm³/mol. The number of benzene rings is 1. The Morgan fingerprint density at radius 3 is 2.06 bits per heavy atom. The summed E-state index contributed by atoms with van der Waals surface area (Å²) in [6, 6.07) is 10.4. The summed E-state index contributed by atoms with van der Waals surface area (Å²) in [5, 5.41) is 0. The minimum absolute atomic E-state index is 0.162. The molecule has 1 aliphatic carbocycles. The molecule has 1 heterocycles. The zero-order valence-electron chi connectivity index (χ0n) is 9.26. The van der Waals surface area contributed by atoms with E-state index in [0.29, 0.717) is 16.8 Å². The smallest absolute Gasteiger partial charge is 0.180 e. The first-order valence-electron chi connectivity index (χ1n) is 5.47. The fourth-order valence-corrected chi connectivity index (χ4v) is 2.40. The van der Waals surface area contributed by atoms with E-state index in [1.807, 2.05) is 0 Å². The van der Waals surface area contributed by atoms with Crippen LogP contribution in [0.15, 0.2) is 47.1 Å². The second-order valence-corrected chi connectivity index (χ2v) is 5.02. The fourth-order valence-electron chi connectivity index (χ4n) is 2.17. The van der Waals surface area contributed by atoms with Crippen molar-refractivity contribution in [3.63, 3.8) is 0 Å². The normalized spacial score (nSPS) is 14.9. The Bertz CT molecular complexity index is 614. The molecular weight excluding hydrogens is 294 g/mol. The summed E-state index contributed by atoms with van der Waals surface area (Å²) >= 11 is 3.28.